The normalized spacial score (nSPS) is 12.6. The minimum Gasteiger partial charge on any atom is -0.370 e. The molecule has 2 N–H and O–H groups in total. The van der Waals surface area contributed by atoms with Crippen molar-refractivity contribution in [2.24, 2.45) is 5.73 Å². The van der Waals surface area contributed by atoms with Crippen LogP contribution >= 0.6 is 0 Å². The molecule has 78 valence electrons. The number of carbonyl (C=O) groups is 1. The maximum Gasteiger partial charge on any atom is 0.252 e. The molecule has 1 atom stereocenters. The van der Waals surface area contributed by atoms with Crippen LogP contribution in [0.15, 0.2) is 0 Å². The summed E-state index contributed by atoms with van der Waals surface area (Å²) in [5, 5.41) is 0. The lowest BCUT2D eigenvalue weighted by Gasteiger charge is -2.24. The fraction of sp³-hybridized carbons (Fsp3) is 0.889. The summed E-state index contributed by atoms with van der Waals surface area (Å²) in [5.41, 5.74) is 5.40. The first-order chi connectivity index (χ1) is 6.21. The number of rotatable bonds is 6. The number of nitrogens with zero attached hydrogens (tertiary/aromatic N) is 1. The van der Waals surface area contributed by atoms with Gasteiger partial charge in [-0.25, -0.2) is 0 Å². The molecule has 13 heavy (non-hydrogen) atoms. The van der Waals surface area contributed by atoms with Gasteiger partial charge in [-0.1, -0.05) is 6.92 Å². The van der Waals surface area contributed by atoms with Crippen molar-refractivity contribution in [3.05, 3.63) is 0 Å². The van der Waals surface area contributed by atoms with Gasteiger partial charge in [0.25, 0.3) is 5.91 Å². The van der Waals surface area contributed by atoms with Crippen LogP contribution in [0.5, 0.6) is 0 Å². The molecule has 0 aliphatic carbocycles. The number of hydrogen-bond donors (Lipinski definition) is 1. The Bertz CT molecular complexity index is 147. The van der Waals surface area contributed by atoms with E-state index in [9.17, 15) is 4.79 Å². The Hall–Kier alpha value is -0.610. The molecule has 0 radical (unpaired) electrons. The molecule has 0 aliphatic rings. The molecule has 1 amide bonds. The molecular weight excluding hydrogens is 168 g/mol. The van der Waals surface area contributed by atoms with Crippen molar-refractivity contribution in [3.8, 4) is 0 Å². The van der Waals surface area contributed by atoms with Crippen molar-refractivity contribution in [2.45, 2.75) is 26.4 Å². The van der Waals surface area contributed by atoms with Crippen molar-refractivity contribution >= 4 is 5.91 Å². The van der Waals surface area contributed by atoms with Crippen LogP contribution in [0.4, 0.5) is 0 Å². The maximum absolute atomic E-state index is 11.6. The molecule has 0 heterocycles. The Labute approximate surface area is 80.0 Å². The first kappa shape index (κ1) is 12.4. The maximum atomic E-state index is 11.6. The highest BCUT2D eigenvalue weighted by Crippen LogP contribution is 1.98. The van der Waals surface area contributed by atoms with Gasteiger partial charge in [-0.05, 0) is 13.3 Å². The number of methoxy groups -OCH3 is 1. The predicted octanol–water partition coefficient (Wildman–Crippen LogP) is 0.219. The average molecular weight is 188 g/mol. The lowest BCUT2D eigenvalue weighted by molar-refractivity contribution is -0.141. The van der Waals surface area contributed by atoms with Crippen LogP contribution in [0.25, 0.3) is 0 Å². The molecule has 4 heteroatoms. The van der Waals surface area contributed by atoms with Crippen molar-refractivity contribution in [3.63, 3.8) is 0 Å². The predicted molar refractivity (Wildman–Crippen MR) is 52.4 cm³/mol. The van der Waals surface area contributed by atoms with Crippen molar-refractivity contribution in [2.75, 3.05) is 26.7 Å². The molecule has 0 aromatic carbocycles. The van der Waals surface area contributed by atoms with E-state index < -0.39 is 6.10 Å². The molecule has 4 nitrogen and oxygen atoms in total. The fourth-order valence-corrected chi connectivity index (χ4v) is 1.20. The van der Waals surface area contributed by atoms with Crippen LogP contribution in [0.1, 0.15) is 20.3 Å². The van der Waals surface area contributed by atoms with Crippen LogP contribution in [0.3, 0.4) is 0 Å². The van der Waals surface area contributed by atoms with Gasteiger partial charge in [0, 0.05) is 26.7 Å². The Morgan fingerprint density at radius 2 is 2.15 bits per heavy atom. The highest BCUT2D eigenvalue weighted by atomic mass is 16.5. The van der Waals surface area contributed by atoms with E-state index in [1.807, 2.05) is 13.8 Å². The number of hydrogen-bond acceptors (Lipinski definition) is 3. The molecule has 0 aliphatic heterocycles. The average Bonchev–Trinajstić information content (AvgIpc) is 2.15. The van der Waals surface area contributed by atoms with Crippen molar-refractivity contribution in [1.82, 2.24) is 4.90 Å². The molecule has 0 fully saturated rings. The quantitative estimate of drug-likeness (QED) is 0.648. The number of carbonyl (C=O) groups excluding carboxylic acids is 1. The zero-order chi connectivity index (χ0) is 10.3. The van der Waals surface area contributed by atoms with Gasteiger partial charge in [-0.3, -0.25) is 4.79 Å². The molecule has 0 rings (SSSR count). The first-order valence-corrected chi connectivity index (χ1v) is 4.72. The largest absolute Gasteiger partial charge is 0.370 e. The highest BCUT2D eigenvalue weighted by molar-refractivity contribution is 5.81. The lowest BCUT2D eigenvalue weighted by Crippen LogP contribution is -2.43. The minimum atomic E-state index is -0.480. The molecule has 1 unspecified atom stereocenters. The van der Waals surface area contributed by atoms with Gasteiger partial charge in [-0.15, -0.1) is 0 Å². The van der Waals surface area contributed by atoms with Gasteiger partial charge in [0.15, 0.2) is 0 Å². The summed E-state index contributed by atoms with van der Waals surface area (Å²) >= 11 is 0. The second kappa shape index (κ2) is 6.86. The Kier molecular flexibility index (Phi) is 6.54. The van der Waals surface area contributed by atoms with Gasteiger partial charge >= 0.3 is 0 Å². The third-order valence-corrected chi connectivity index (χ3v) is 1.96. The summed E-state index contributed by atoms with van der Waals surface area (Å²) in [4.78, 5) is 13.4. The van der Waals surface area contributed by atoms with E-state index in [-0.39, 0.29) is 12.5 Å². The summed E-state index contributed by atoms with van der Waals surface area (Å²) in [5.74, 6) is -0.00523. The Morgan fingerprint density at radius 1 is 1.54 bits per heavy atom. The summed E-state index contributed by atoms with van der Waals surface area (Å²) in [6, 6.07) is 0. The third kappa shape index (κ3) is 3.74. The van der Waals surface area contributed by atoms with E-state index in [0.717, 1.165) is 13.0 Å². The van der Waals surface area contributed by atoms with Gasteiger partial charge in [0.05, 0.1) is 0 Å². The monoisotopic (exact) mass is 188 g/mol. The van der Waals surface area contributed by atoms with E-state index in [0.29, 0.717) is 6.54 Å². The molecule has 0 saturated carbocycles. The fourth-order valence-electron chi connectivity index (χ4n) is 1.20. The molecule has 0 spiro atoms. The molecular formula is C9H20N2O2. The molecule has 0 bridgehead atoms. The standard InChI is InChI=1S/C9H20N2O2/c1-4-6-11(5-2)9(12)8(7-10)13-3/h8H,4-7,10H2,1-3H3. The van der Waals surface area contributed by atoms with Crippen LogP contribution in [0, 0.1) is 0 Å². The SMILES string of the molecule is CCCN(CC)C(=O)C(CN)OC. The highest BCUT2D eigenvalue weighted by Gasteiger charge is 2.20. The second-order valence-corrected chi connectivity index (χ2v) is 2.88. The number of amides is 1. The number of likely N-dealkylation sites (N-methyl/N-ethyl adjacent to an activating group) is 1. The van der Waals surface area contributed by atoms with Crippen LogP contribution in [-0.4, -0.2) is 43.7 Å². The second-order valence-electron chi connectivity index (χ2n) is 2.88. The van der Waals surface area contributed by atoms with Crippen molar-refractivity contribution in [1.29, 1.82) is 0 Å². The van der Waals surface area contributed by atoms with Crippen LogP contribution in [0.2, 0.25) is 0 Å². The minimum absolute atomic E-state index is 0.00523. The first-order valence-electron chi connectivity index (χ1n) is 4.72. The number of ether oxygens (including phenoxy) is 1. The van der Waals surface area contributed by atoms with E-state index in [1.54, 1.807) is 4.90 Å². The van der Waals surface area contributed by atoms with Gasteiger partial charge < -0.3 is 15.4 Å². The smallest absolute Gasteiger partial charge is 0.252 e. The van der Waals surface area contributed by atoms with Gasteiger partial charge in [0.2, 0.25) is 0 Å². The summed E-state index contributed by atoms with van der Waals surface area (Å²) in [7, 11) is 1.51. The molecule has 0 saturated heterocycles. The van der Waals surface area contributed by atoms with E-state index in [1.165, 1.54) is 7.11 Å². The lowest BCUT2D eigenvalue weighted by atomic mass is 10.3. The summed E-state index contributed by atoms with van der Waals surface area (Å²) < 4.78 is 4.97. The van der Waals surface area contributed by atoms with Crippen LogP contribution in [-0.2, 0) is 9.53 Å². The summed E-state index contributed by atoms with van der Waals surface area (Å²) in [6.07, 6.45) is 0.479. The summed E-state index contributed by atoms with van der Waals surface area (Å²) in [6.45, 7) is 5.73. The Balaban J connectivity index is 4.16. The number of nitrogens with two attached hydrogens (primary N) is 1. The Morgan fingerprint density at radius 3 is 2.46 bits per heavy atom. The van der Waals surface area contributed by atoms with E-state index in [4.69, 9.17) is 10.5 Å². The molecule has 0 aromatic heterocycles. The van der Waals surface area contributed by atoms with E-state index >= 15 is 0 Å². The zero-order valence-electron chi connectivity index (χ0n) is 8.75. The topological polar surface area (TPSA) is 55.6 Å². The van der Waals surface area contributed by atoms with Gasteiger partial charge in [0.1, 0.15) is 6.10 Å². The zero-order valence-corrected chi connectivity index (χ0v) is 8.75. The van der Waals surface area contributed by atoms with Crippen molar-refractivity contribution < 1.29 is 9.53 Å². The third-order valence-electron chi connectivity index (χ3n) is 1.96. The van der Waals surface area contributed by atoms with E-state index in [2.05, 4.69) is 0 Å². The molecule has 0 aromatic rings. The van der Waals surface area contributed by atoms with Crippen LogP contribution < -0.4 is 5.73 Å². The van der Waals surface area contributed by atoms with Gasteiger partial charge in [-0.2, -0.15) is 0 Å².